The van der Waals surface area contributed by atoms with Gasteiger partial charge in [0, 0.05) is 6.54 Å². The maximum Gasteiger partial charge on any atom is 0.306 e. The standard InChI is InChI=1S/C7H14N4O4/c1-5(6(12)13)3-2-4-9-7(8)10-11(14)15/h5H,2-4H2,1H3,(H,12,13)(H3,8,9,10)/t5-/m0/s1. The van der Waals surface area contributed by atoms with Crippen molar-refractivity contribution in [1.82, 2.24) is 5.32 Å². The van der Waals surface area contributed by atoms with Crippen LogP contribution in [0.5, 0.6) is 0 Å². The molecule has 0 radical (unpaired) electrons. The average molecular weight is 218 g/mol. The van der Waals surface area contributed by atoms with Gasteiger partial charge in [0.15, 0.2) is 5.03 Å². The Balaban J connectivity index is 3.63. The molecule has 15 heavy (non-hydrogen) atoms. The molecule has 1 atom stereocenters. The van der Waals surface area contributed by atoms with E-state index < -0.39 is 16.9 Å². The highest BCUT2D eigenvalue weighted by Gasteiger charge is 2.09. The largest absolute Gasteiger partial charge is 0.481 e. The Kier molecular flexibility index (Phi) is 5.76. The minimum absolute atomic E-state index is 0.275. The lowest BCUT2D eigenvalue weighted by Crippen LogP contribution is -2.33. The van der Waals surface area contributed by atoms with Crippen LogP contribution < -0.4 is 11.1 Å². The van der Waals surface area contributed by atoms with Crippen molar-refractivity contribution in [3.63, 3.8) is 0 Å². The topological polar surface area (TPSA) is 131 Å². The van der Waals surface area contributed by atoms with E-state index in [-0.39, 0.29) is 5.96 Å². The van der Waals surface area contributed by atoms with Gasteiger partial charge in [0.25, 0.3) is 5.96 Å². The summed E-state index contributed by atoms with van der Waals surface area (Å²) in [6.07, 6.45) is 1.04. The van der Waals surface area contributed by atoms with E-state index >= 15 is 0 Å². The fourth-order valence-electron chi connectivity index (χ4n) is 0.872. The smallest absolute Gasteiger partial charge is 0.306 e. The molecule has 0 unspecified atom stereocenters. The molecule has 0 aliphatic heterocycles. The highest BCUT2D eigenvalue weighted by atomic mass is 16.7. The molecule has 0 fully saturated rings. The second-order valence-electron chi connectivity index (χ2n) is 3.03. The number of guanidine groups is 1. The summed E-state index contributed by atoms with van der Waals surface area (Å²) >= 11 is 0. The predicted octanol–water partition coefficient (Wildman–Crippen LogP) is -0.417. The minimum atomic E-state index is -0.901. The summed E-state index contributed by atoms with van der Waals surface area (Å²) in [5.41, 5.74) is 5.13. The Morgan fingerprint density at radius 3 is 2.80 bits per heavy atom. The molecule has 0 aliphatic rings. The quantitative estimate of drug-likeness (QED) is 0.182. The van der Waals surface area contributed by atoms with Gasteiger partial charge in [-0.1, -0.05) is 6.92 Å². The maximum atomic E-state index is 10.4. The zero-order valence-corrected chi connectivity index (χ0v) is 8.34. The number of nitrogens with zero attached hydrogens (tertiary/aromatic N) is 2. The number of nitrogens with one attached hydrogen (secondary N) is 1. The van der Waals surface area contributed by atoms with Crippen molar-refractivity contribution in [1.29, 1.82) is 0 Å². The second kappa shape index (κ2) is 6.57. The molecule has 0 amide bonds. The van der Waals surface area contributed by atoms with Gasteiger partial charge in [-0.15, -0.1) is 0 Å². The van der Waals surface area contributed by atoms with Gasteiger partial charge in [0.2, 0.25) is 0 Å². The summed E-state index contributed by atoms with van der Waals surface area (Å²) in [6, 6.07) is 0. The van der Waals surface area contributed by atoms with E-state index in [9.17, 15) is 14.9 Å². The van der Waals surface area contributed by atoms with Crippen molar-refractivity contribution in [3.8, 4) is 0 Å². The molecule has 0 aliphatic carbocycles. The number of rotatable bonds is 6. The first-order chi connectivity index (χ1) is 6.93. The van der Waals surface area contributed by atoms with Gasteiger partial charge in [-0.3, -0.25) is 4.79 Å². The van der Waals surface area contributed by atoms with Crippen LogP contribution in [0.3, 0.4) is 0 Å². The summed E-state index contributed by atoms with van der Waals surface area (Å²) in [4.78, 5) is 20.3. The summed E-state index contributed by atoms with van der Waals surface area (Å²) in [7, 11) is 0. The number of carboxylic acids is 1. The second-order valence-corrected chi connectivity index (χ2v) is 3.03. The van der Waals surface area contributed by atoms with Gasteiger partial charge < -0.3 is 16.2 Å². The molecular weight excluding hydrogens is 204 g/mol. The van der Waals surface area contributed by atoms with E-state index in [0.717, 1.165) is 0 Å². The van der Waals surface area contributed by atoms with Crippen molar-refractivity contribution in [3.05, 3.63) is 10.1 Å². The molecule has 0 aromatic rings. The third-order valence-electron chi connectivity index (χ3n) is 1.73. The van der Waals surface area contributed by atoms with Crippen LogP contribution in [-0.2, 0) is 4.79 Å². The highest BCUT2D eigenvalue weighted by Crippen LogP contribution is 2.03. The SMILES string of the molecule is C[C@@H](CCCN/C(N)=N/[N+](=O)[O-])C(=O)O. The third-order valence-corrected chi connectivity index (χ3v) is 1.73. The summed E-state index contributed by atoms with van der Waals surface area (Å²) in [6.45, 7) is 1.96. The minimum Gasteiger partial charge on any atom is -0.481 e. The van der Waals surface area contributed by atoms with Crippen LogP contribution >= 0.6 is 0 Å². The number of carboxylic acid groups (broad SMARTS) is 1. The molecule has 0 heterocycles. The van der Waals surface area contributed by atoms with Gasteiger partial charge in [-0.25, -0.2) is 10.1 Å². The van der Waals surface area contributed by atoms with E-state index in [1.165, 1.54) is 0 Å². The number of hydrogen-bond acceptors (Lipinski definition) is 3. The molecule has 4 N–H and O–H groups in total. The fourth-order valence-corrected chi connectivity index (χ4v) is 0.872. The van der Waals surface area contributed by atoms with Crippen molar-refractivity contribution in [2.24, 2.45) is 16.8 Å². The Labute approximate surface area is 86.3 Å². The van der Waals surface area contributed by atoms with Gasteiger partial charge >= 0.3 is 5.97 Å². The molecular formula is C7H14N4O4. The average Bonchev–Trinajstić information content (AvgIpc) is 2.10. The molecule has 0 aromatic heterocycles. The first kappa shape index (κ1) is 13.1. The Hall–Kier alpha value is -1.86. The van der Waals surface area contributed by atoms with Crippen molar-refractivity contribution < 1.29 is 14.9 Å². The zero-order valence-electron chi connectivity index (χ0n) is 8.34. The molecule has 8 nitrogen and oxygen atoms in total. The monoisotopic (exact) mass is 218 g/mol. The predicted molar refractivity (Wildman–Crippen MR) is 52.7 cm³/mol. The molecule has 0 spiro atoms. The van der Waals surface area contributed by atoms with Gasteiger partial charge in [0.05, 0.1) is 5.92 Å². The third kappa shape index (κ3) is 7.23. The van der Waals surface area contributed by atoms with Crippen LogP contribution in [0, 0.1) is 16.0 Å². The Morgan fingerprint density at radius 1 is 1.73 bits per heavy atom. The normalized spacial score (nSPS) is 13.3. The lowest BCUT2D eigenvalue weighted by Gasteiger charge is -2.05. The summed E-state index contributed by atoms with van der Waals surface area (Å²) in [5.74, 6) is -1.56. The van der Waals surface area contributed by atoms with Crippen molar-refractivity contribution in [2.45, 2.75) is 19.8 Å². The molecule has 86 valence electrons. The van der Waals surface area contributed by atoms with Crippen LogP contribution in [0.25, 0.3) is 0 Å². The molecule has 8 heteroatoms. The van der Waals surface area contributed by atoms with Crippen molar-refractivity contribution >= 4 is 11.9 Å². The van der Waals surface area contributed by atoms with E-state index in [1.807, 2.05) is 0 Å². The van der Waals surface area contributed by atoms with Crippen LogP contribution in [0.1, 0.15) is 19.8 Å². The lowest BCUT2D eigenvalue weighted by atomic mass is 10.1. The number of nitro groups is 1. The lowest BCUT2D eigenvalue weighted by molar-refractivity contribution is -0.485. The Bertz CT molecular complexity index is 266. The first-order valence-corrected chi connectivity index (χ1v) is 4.38. The summed E-state index contributed by atoms with van der Waals surface area (Å²) < 4.78 is 0. The number of hydrogen-bond donors (Lipinski definition) is 3. The molecule has 0 saturated heterocycles. The van der Waals surface area contributed by atoms with Gasteiger partial charge in [-0.05, 0) is 12.8 Å². The molecule has 0 saturated carbocycles. The summed E-state index contributed by atoms with van der Waals surface area (Å²) in [5, 5.41) is 22.8. The van der Waals surface area contributed by atoms with Crippen LogP contribution in [-0.4, -0.2) is 28.6 Å². The van der Waals surface area contributed by atoms with Crippen LogP contribution in [0.4, 0.5) is 0 Å². The van der Waals surface area contributed by atoms with Gasteiger partial charge in [0.1, 0.15) is 5.10 Å². The number of carbonyl (C=O) groups is 1. The van der Waals surface area contributed by atoms with E-state index in [1.54, 1.807) is 6.92 Å². The molecule has 0 aromatic carbocycles. The van der Waals surface area contributed by atoms with Crippen LogP contribution in [0.2, 0.25) is 0 Å². The van der Waals surface area contributed by atoms with E-state index in [2.05, 4.69) is 10.4 Å². The molecule has 0 bridgehead atoms. The first-order valence-electron chi connectivity index (χ1n) is 4.38. The van der Waals surface area contributed by atoms with Crippen LogP contribution in [0.15, 0.2) is 5.10 Å². The molecule has 0 rings (SSSR count). The number of hydrazone groups is 1. The van der Waals surface area contributed by atoms with E-state index in [0.29, 0.717) is 19.4 Å². The van der Waals surface area contributed by atoms with Gasteiger partial charge in [-0.2, -0.15) is 0 Å². The Morgan fingerprint density at radius 2 is 2.33 bits per heavy atom. The number of nitrogens with two attached hydrogens (primary N) is 1. The maximum absolute atomic E-state index is 10.4. The van der Waals surface area contributed by atoms with Crippen molar-refractivity contribution in [2.75, 3.05) is 6.54 Å². The van der Waals surface area contributed by atoms with E-state index in [4.69, 9.17) is 10.8 Å². The zero-order chi connectivity index (χ0) is 11.8. The fraction of sp³-hybridized carbons (Fsp3) is 0.714. The number of aliphatic carboxylic acids is 1. The highest BCUT2D eigenvalue weighted by molar-refractivity contribution is 5.77.